The highest BCUT2D eigenvalue weighted by Gasteiger charge is 2.22. The lowest BCUT2D eigenvalue weighted by atomic mass is 10.2. The fourth-order valence-electron chi connectivity index (χ4n) is 1.74. The Bertz CT molecular complexity index is 599. The van der Waals surface area contributed by atoms with Gasteiger partial charge in [0.15, 0.2) is 11.5 Å². The normalized spacial score (nSPS) is 17.8. The third kappa shape index (κ3) is 3.98. The molecule has 0 aromatic heterocycles. The second-order valence-electron chi connectivity index (χ2n) is 4.60. The third-order valence-electron chi connectivity index (χ3n) is 3.03. The van der Waals surface area contributed by atoms with Crippen molar-refractivity contribution < 1.29 is 14.3 Å². The molecule has 1 atom stereocenters. The lowest BCUT2D eigenvalue weighted by Gasteiger charge is -2.15. The highest BCUT2D eigenvalue weighted by atomic mass is 32.2. The number of thiocarbonyl (C=S) groups is 1. The number of amides is 1. The Morgan fingerprint density at radius 3 is 2.76 bits per heavy atom. The molecule has 112 valence electrons. The Labute approximate surface area is 133 Å². The fourth-order valence-corrected chi connectivity index (χ4v) is 2.79. The molecule has 1 fully saturated rings. The highest BCUT2D eigenvalue weighted by molar-refractivity contribution is 8.26. The average molecular weight is 323 g/mol. The molecule has 21 heavy (non-hydrogen) atoms. The van der Waals surface area contributed by atoms with Gasteiger partial charge in [0.2, 0.25) is 0 Å². The number of carbonyl (C=O) groups excluding carboxylic acids is 1. The third-order valence-corrected chi connectivity index (χ3v) is 4.19. The first-order valence-corrected chi connectivity index (χ1v) is 7.85. The van der Waals surface area contributed by atoms with Crippen LogP contribution >= 0.6 is 24.0 Å². The van der Waals surface area contributed by atoms with Crippen LogP contribution in [0, 0.1) is 0 Å². The minimum Gasteiger partial charge on any atom is -0.493 e. The number of hydrogen-bond acceptors (Lipinski definition) is 5. The van der Waals surface area contributed by atoms with Gasteiger partial charge in [-0.15, -0.1) is 0 Å². The van der Waals surface area contributed by atoms with E-state index in [1.807, 2.05) is 25.1 Å². The monoisotopic (exact) mass is 323 g/mol. The fraction of sp³-hybridized carbons (Fsp3) is 0.333. The number of carbonyl (C=O) groups is 1. The summed E-state index contributed by atoms with van der Waals surface area (Å²) in [6, 6.07) is 5.59. The predicted molar refractivity (Wildman–Crippen MR) is 89.7 cm³/mol. The molecule has 1 aromatic rings. The highest BCUT2D eigenvalue weighted by Crippen LogP contribution is 2.32. The predicted octanol–water partition coefficient (Wildman–Crippen LogP) is 3.36. The molecule has 1 N–H and O–H groups in total. The summed E-state index contributed by atoms with van der Waals surface area (Å²) in [7, 11) is 1.60. The van der Waals surface area contributed by atoms with Crippen molar-refractivity contribution in [2.45, 2.75) is 26.4 Å². The van der Waals surface area contributed by atoms with Gasteiger partial charge in [-0.2, -0.15) is 0 Å². The van der Waals surface area contributed by atoms with Crippen LogP contribution in [0.4, 0.5) is 0 Å². The van der Waals surface area contributed by atoms with Crippen molar-refractivity contribution in [3.05, 3.63) is 28.7 Å². The molecule has 0 radical (unpaired) electrons. The van der Waals surface area contributed by atoms with E-state index in [2.05, 4.69) is 12.2 Å². The quantitative estimate of drug-likeness (QED) is 0.665. The number of thioether (sulfide) groups is 1. The smallest absolute Gasteiger partial charge is 0.263 e. The van der Waals surface area contributed by atoms with Crippen LogP contribution < -0.4 is 14.8 Å². The first kappa shape index (κ1) is 15.9. The molecular weight excluding hydrogens is 306 g/mol. The molecule has 1 amide bonds. The van der Waals surface area contributed by atoms with E-state index in [1.54, 1.807) is 13.2 Å². The van der Waals surface area contributed by atoms with Crippen molar-refractivity contribution in [3.63, 3.8) is 0 Å². The summed E-state index contributed by atoms with van der Waals surface area (Å²) in [6.07, 6.45) is 2.83. The van der Waals surface area contributed by atoms with Crippen molar-refractivity contribution >= 4 is 40.3 Å². The standard InChI is InChI=1S/C15H17NO3S2/c1-4-9(2)19-11-6-5-10(7-12(11)18-3)8-13-14(17)16-15(20)21-13/h5-9H,4H2,1-3H3,(H,16,17,20)/b13-8+/t9-/m0/s1. The van der Waals surface area contributed by atoms with Crippen LogP contribution in [0.1, 0.15) is 25.8 Å². The summed E-state index contributed by atoms with van der Waals surface area (Å²) in [4.78, 5) is 12.2. The van der Waals surface area contributed by atoms with Gasteiger partial charge in [0.05, 0.1) is 18.1 Å². The SMILES string of the molecule is CC[C@H](C)Oc1ccc(/C=C2/SC(=S)NC2=O)cc1OC. The first-order chi connectivity index (χ1) is 10.0. The summed E-state index contributed by atoms with van der Waals surface area (Å²) in [5.41, 5.74) is 0.866. The molecule has 1 heterocycles. The summed E-state index contributed by atoms with van der Waals surface area (Å²) >= 11 is 6.23. The van der Waals surface area contributed by atoms with Gasteiger partial charge in [0, 0.05) is 0 Å². The maximum absolute atomic E-state index is 11.7. The number of rotatable bonds is 5. The van der Waals surface area contributed by atoms with Crippen LogP contribution in [0.15, 0.2) is 23.1 Å². The number of nitrogens with one attached hydrogen (secondary N) is 1. The van der Waals surface area contributed by atoms with Crippen molar-refractivity contribution in [2.24, 2.45) is 0 Å². The van der Waals surface area contributed by atoms with Crippen LogP contribution in [0.2, 0.25) is 0 Å². The molecule has 0 saturated carbocycles. The van der Waals surface area contributed by atoms with Crippen LogP contribution in [0.5, 0.6) is 11.5 Å². The lowest BCUT2D eigenvalue weighted by molar-refractivity contribution is -0.115. The molecule has 0 unspecified atom stereocenters. The zero-order valence-corrected chi connectivity index (χ0v) is 13.8. The van der Waals surface area contributed by atoms with Crippen LogP contribution in [-0.4, -0.2) is 23.4 Å². The zero-order valence-electron chi connectivity index (χ0n) is 12.1. The van der Waals surface area contributed by atoms with E-state index < -0.39 is 0 Å². The Morgan fingerprint density at radius 1 is 1.43 bits per heavy atom. The van der Waals surface area contributed by atoms with Gasteiger partial charge in [0.25, 0.3) is 5.91 Å². The Morgan fingerprint density at radius 2 is 2.19 bits per heavy atom. The van der Waals surface area contributed by atoms with Gasteiger partial charge in [-0.1, -0.05) is 37.0 Å². The van der Waals surface area contributed by atoms with Gasteiger partial charge < -0.3 is 14.8 Å². The van der Waals surface area contributed by atoms with Gasteiger partial charge in [-0.25, -0.2) is 0 Å². The van der Waals surface area contributed by atoms with Gasteiger partial charge in [0.1, 0.15) is 4.32 Å². The molecular formula is C15H17NO3S2. The molecule has 0 bridgehead atoms. The van der Waals surface area contributed by atoms with Gasteiger partial charge >= 0.3 is 0 Å². The molecule has 0 spiro atoms. The van der Waals surface area contributed by atoms with Crippen molar-refractivity contribution in [3.8, 4) is 11.5 Å². The Kier molecular flexibility index (Phi) is 5.25. The lowest BCUT2D eigenvalue weighted by Crippen LogP contribution is -2.17. The molecule has 1 aliphatic heterocycles. The number of benzene rings is 1. The van der Waals surface area contributed by atoms with Gasteiger partial charge in [-0.05, 0) is 37.1 Å². The van der Waals surface area contributed by atoms with Crippen molar-refractivity contribution in [1.29, 1.82) is 0 Å². The van der Waals surface area contributed by atoms with E-state index in [1.165, 1.54) is 11.8 Å². The molecule has 0 aliphatic carbocycles. The van der Waals surface area contributed by atoms with E-state index in [-0.39, 0.29) is 12.0 Å². The molecule has 1 saturated heterocycles. The van der Waals surface area contributed by atoms with Crippen molar-refractivity contribution in [2.75, 3.05) is 7.11 Å². The maximum atomic E-state index is 11.7. The summed E-state index contributed by atoms with van der Waals surface area (Å²) in [5, 5.41) is 2.59. The minimum absolute atomic E-state index is 0.122. The van der Waals surface area contributed by atoms with Crippen LogP contribution in [0.25, 0.3) is 6.08 Å². The maximum Gasteiger partial charge on any atom is 0.263 e. The van der Waals surface area contributed by atoms with Crippen LogP contribution in [-0.2, 0) is 4.79 Å². The van der Waals surface area contributed by atoms with E-state index in [0.717, 1.165) is 12.0 Å². The van der Waals surface area contributed by atoms with Crippen LogP contribution in [0.3, 0.4) is 0 Å². The Balaban J connectivity index is 2.25. The summed E-state index contributed by atoms with van der Waals surface area (Å²) in [5.74, 6) is 1.19. The summed E-state index contributed by atoms with van der Waals surface area (Å²) < 4.78 is 11.6. The van der Waals surface area contributed by atoms with E-state index in [9.17, 15) is 4.79 Å². The molecule has 2 rings (SSSR count). The second-order valence-corrected chi connectivity index (χ2v) is 6.32. The molecule has 1 aromatic carbocycles. The molecule has 1 aliphatic rings. The second kappa shape index (κ2) is 6.95. The molecule has 4 nitrogen and oxygen atoms in total. The minimum atomic E-state index is -0.163. The van der Waals surface area contributed by atoms with E-state index in [4.69, 9.17) is 21.7 Å². The van der Waals surface area contributed by atoms with Gasteiger partial charge in [-0.3, -0.25) is 4.79 Å². The summed E-state index contributed by atoms with van der Waals surface area (Å²) in [6.45, 7) is 4.07. The Hall–Kier alpha value is -1.53. The average Bonchev–Trinajstić information content (AvgIpc) is 2.78. The van der Waals surface area contributed by atoms with Crippen molar-refractivity contribution in [1.82, 2.24) is 5.32 Å². The van der Waals surface area contributed by atoms with E-state index in [0.29, 0.717) is 20.7 Å². The molecule has 6 heteroatoms. The number of methoxy groups -OCH3 is 1. The largest absolute Gasteiger partial charge is 0.493 e. The number of hydrogen-bond donors (Lipinski definition) is 1. The topological polar surface area (TPSA) is 47.6 Å². The first-order valence-electron chi connectivity index (χ1n) is 6.63. The van der Waals surface area contributed by atoms with E-state index >= 15 is 0 Å². The number of ether oxygens (including phenoxy) is 2. The zero-order chi connectivity index (χ0) is 15.4.